The van der Waals surface area contributed by atoms with Crippen LogP contribution in [0.4, 0.5) is 4.39 Å². The van der Waals surface area contributed by atoms with E-state index in [1.165, 1.54) is 74.3 Å². The van der Waals surface area contributed by atoms with Crippen LogP contribution in [-0.2, 0) is 14.6 Å². The van der Waals surface area contributed by atoms with E-state index in [2.05, 4.69) is 64.4 Å². The van der Waals surface area contributed by atoms with Crippen LogP contribution >= 0.6 is 0 Å². The number of allylic oxidation sites excluding steroid dienone is 5. The predicted octanol–water partition coefficient (Wildman–Crippen LogP) is 9.18. The van der Waals surface area contributed by atoms with E-state index in [4.69, 9.17) is 0 Å². The summed E-state index contributed by atoms with van der Waals surface area (Å²) in [4.78, 5) is 14.1. The summed E-state index contributed by atoms with van der Waals surface area (Å²) in [7, 11) is -2.95. The van der Waals surface area contributed by atoms with Crippen LogP contribution in [-0.4, -0.2) is 74.3 Å². The van der Waals surface area contributed by atoms with Gasteiger partial charge in [-0.15, -0.1) is 0 Å². The third-order valence-electron chi connectivity index (χ3n) is 18.2. The molecule has 53 heavy (non-hydrogen) atoms. The maximum Gasteiger partial charge on any atom is 0.341 e. The molecule has 7 aliphatic rings. The number of carboxylic acid groups (broad SMARTS) is 1. The van der Waals surface area contributed by atoms with Crippen LogP contribution < -0.4 is 5.32 Å². The van der Waals surface area contributed by atoms with E-state index in [-0.39, 0.29) is 39.8 Å². The van der Waals surface area contributed by atoms with Gasteiger partial charge >= 0.3 is 5.97 Å². The fourth-order valence-electron chi connectivity index (χ4n) is 15.1. The number of likely N-dealkylation sites (tertiary alicyclic amines) is 1. The van der Waals surface area contributed by atoms with E-state index >= 15 is 4.39 Å². The number of hydrogen-bond donors (Lipinski definition) is 2. The molecule has 4 saturated carbocycles. The zero-order valence-corrected chi connectivity index (χ0v) is 35.0. The summed E-state index contributed by atoms with van der Waals surface area (Å²) in [6.45, 7) is 24.6. The Balaban J connectivity index is 1.08. The molecule has 1 unspecified atom stereocenters. The monoisotopic (exact) mass is 755 g/mol. The van der Waals surface area contributed by atoms with Gasteiger partial charge in [-0.1, -0.05) is 58.9 Å². The average molecular weight is 755 g/mol. The van der Waals surface area contributed by atoms with Crippen LogP contribution in [0.5, 0.6) is 0 Å². The SMILES string of the molecule is C=C(C)[C@@H]1CC[C@]2(CNCCN3CCC(S(C)(=O)=O)CC3)CC[C@]3(C)[C@H](CC[C@@H]4[C@@]5(C)CC=C(C6=CCC(F)(C(=O)O)CC6)C(C)(C)[C@@H]5CC[C@]43C)[C@@H]12. The lowest BCUT2D eigenvalue weighted by atomic mass is 9.32. The molecular weight excluding hydrogens is 684 g/mol. The van der Waals surface area contributed by atoms with Crippen LogP contribution in [0.3, 0.4) is 0 Å². The van der Waals surface area contributed by atoms with Crippen LogP contribution in [0, 0.1) is 56.7 Å². The minimum atomic E-state index is -2.95. The maximum atomic E-state index is 15.0. The zero-order valence-electron chi connectivity index (χ0n) is 34.2. The molecule has 2 N–H and O–H groups in total. The topological polar surface area (TPSA) is 86.7 Å². The first-order valence-electron chi connectivity index (χ1n) is 21.3. The summed E-state index contributed by atoms with van der Waals surface area (Å²) in [6.07, 6.45) is 19.2. The standard InChI is InChI=1S/C45H71FN2O4S/c1-30(2)33-13-20-44(29-47-25-28-48-26-16-32(17-27-48)53(8,51)52)24-23-42(6)35(38(33)44)9-10-37-41(5)18-14-34(31-11-21-45(46,22-12-31)39(49)50)40(3,4)36(41)15-19-43(37,42)7/h11,14,32-33,35-38,47H,1,9-10,12-13,15-29H2,2-8H3,(H,49,50)/t33-,35+,36-,37+,38+,41-,42+,43+,44+,45?/m0/s1. The van der Waals surface area contributed by atoms with Gasteiger partial charge in [0.15, 0.2) is 0 Å². The number of piperidine rings is 1. The van der Waals surface area contributed by atoms with Crippen molar-refractivity contribution < 1.29 is 22.7 Å². The summed E-state index contributed by atoms with van der Waals surface area (Å²) in [5, 5.41) is 13.3. The molecular formula is C45H71FN2O4S. The molecule has 0 amide bonds. The Bertz CT molecular complexity index is 1650. The number of alkyl halides is 1. The third kappa shape index (κ3) is 6.28. The van der Waals surface area contributed by atoms with Crippen molar-refractivity contribution in [2.75, 3.05) is 39.0 Å². The van der Waals surface area contributed by atoms with Crippen molar-refractivity contribution in [2.24, 2.45) is 56.7 Å². The molecule has 0 aromatic rings. The summed E-state index contributed by atoms with van der Waals surface area (Å²) in [6, 6.07) is 0. The molecule has 0 aromatic carbocycles. The average Bonchev–Trinajstić information content (AvgIpc) is 3.47. The number of nitrogens with one attached hydrogen (secondary N) is 1. The van der Waals surface area contributed by atoms with Gasteiger partial charge in [0.25, 0.3) is 0 Å². The van der Waals surface area contributed by atoms with Crippen molar-refractivity contribution in [1.29, 1.82) is 0 Å². The van der Waals surface area contributed by atoms with Gasteiger partial charge in [0.05, 0.1) is 5.25 Å². The Kier molecular flexibility index (Phi) is 10.2. The predicted molar refractivity (Wildman–Crippen MR) is 213 cm³/mol. The molecule has 6 aliphatic carbocycles. The second-order valence-corrected chi connectivity index (χ2v) is 23.2. The van der Waals surface area contributed by atoms with Crippen molar-refractivity contribution >= 4 is 15.8 Å². The first-order valence-corrected chi connectivity index (χ1v) is 23.3. The molecule has 0 aromatic heterocycles. The largest absolute Gasteiger partial charge is 0.479 e. The lowest BCUT2D eigenvalue weighted by molar-refractivity contribution is -0.226. The van der Waals surface area contributed by atoms with Crippen molar-refractivity contribution in [3.8, 4) is 0 Å². The Labute approximate surface area is 321 Å². The number of sulfone groups is 1. The van der Waals surface area contributed by atoms with Gasteiger partial charge in [-0.3, -0.25) is 0 Å². The lowest BCUT2D eigenvalue weighted by Gasteiger charge is -2.72. The second-order valence-electron chi connectivity index (χ2n) is 20.8. The van der Waals surface area contributed by atoms with Gasteiger partial charge in [-0.2, -0.15) is 0 Å². The van der Waals surface area contributed by atoms with Gasteiger partial charge in [-0.25, -0.2) is 17.6 Å². The van der Waals surface area contributed by atoms with Crippen LogP contribution in [0.1, 0.15) is 131 Å². The molecule has 10 atom stereocenters. The number of halogens is 1. The molecule has 0 bridgehead atoms. The Morgan fingerprint density at radius 3 is 2.26 bits per heavy atom. The Morgan fingerprint density at radius 2 is 1.64 bits per heavy atom. The quantitative estimate of drug-likeness (QED) is 0.180. The van der Waals surface area contributed by atoms with Gasteiger partial charge < -0.3 is 15.3 Å². The van der Waals surface area contributed by atoms with E-state index in [9.17, 15) is 18.3 Å². The third-order valence-corrected chi connectivity index (χ3v) is 19.9. The molecule has 0 radical (unpaired) electrons. The van der Waals surface area contributed by atoms with E-state index in [0.29, 0.717) is 41.4 Å². The fourth-order valence-corrected chi connectivity index (χ4v) is 16.2. The van der Waals surface area contributed by atoms with Crippen molar-refractivity contribution in [3.05, 3.63) is 35.5 Å². The number of nitrogens with zero attached hydrogens (tertiary/aromatic N) is 1. The van der Waals surface area contributed by atoms with E-state index < -0.39 is 21.5 Å². The number of aliphatic carboxylic acids is 1. The molecule has 1 heterocycles. The lowest BCUT2D eigenvalue weighted by Crippen LogP contribution is -2.66. The van der Waals surface area contributed by atoms with Gasteiger partial charge in [0, 0.05) is 32.3 Å². The first-order chi connectivity index (χ1) is 24.7. The second kappa shape index (κ2) is 13.6. The van der Waals surface area contributed by atoms with Crippen molar-refractivity contribution in [1.82, 2.24) is 10.2 Å². The van der Waals surface area contributed by atoms with Gasteiger partial charge in [-0.05, 0) is 171 Å². The van der Waals surface area contributed by atoms with Crippen LogP contribution in [0.25, 0.3) is 0 Å². The Morgan fingerprint density at radius 1 is 0.925 bits per heavy atom. The smallest absolute Gasteiger partial charge is 0.341 e. The molecule has 5 fully saturated rings. The number of carboxylic acids is 1. The fraction of sp³-hybridized carbons (Fsp3) is 0.844. The summed E-state index contributed by atoms with van der Waals surface area (Å²) in [5.41, 5.74) is 2.83. The minimum Gasteiger partial charge on any atom is -0.479 e. The molecule has 8 heteroatoms. The van der Waals surface area contributed by atoms with Crippen LogP contribution in [0.2, 0.25) is 0 Å². The molecule has 6 nitrogen and oxygen atoms in total. The zero-order chi connectivity index (χ0) is 38.4. The highest BCUT2D eigenvalue weighted by atomic mass is 32.2. The number of carbonyl (C=O) groups is 1. The number of hydrogen-bond acceptors (Lipinski definition) is 5. The van der Waals surface area contributed by atoms with Gasteiger partial charge in [0.1, 0.15) is 9.84 Å². The molecule has 1 saturated heterocycles. The summed E-state index contributed by atoms with van der Waals surface area (Å²) < 4.78 is 39.2. The summed E-state index contributed by atoms with van der Waals surface area (Å²) >= 11 is 0. The maximum absolute atomic E-state index is 15.0. The molecule has 7 rings (SSSR count). The highest BCUT2D eigenvalue weighted by molar-refractivity contribution is 7.91. The molecule has 298 valence electrons. The minimum absolute atomic E-state index is 0.0249. The summed E-state index contributed by atoms with van der Waals surface area (Å²) in [5.74, 6) is 1.84. The van der Waals surface area contributed by atoms with Crippen molar-refractivity contribution in [2.45, 2.75) is 142 Å². The van der Waals surface area contributed by atoms with Gasteiger partial charge in [0.2, 0.25) is 5.67 Å². The first kappa shape index (κ1) is 39.7. The number of fused-ring (bicyclic) bond motifs is 7. The van der Waals surface area contributed by atoms with Crippen LogP contribution in [0.15, 0.2) is 35.5 Å². The van der Waals surface area contributed by atoms with E-state index in [1.807, 2.05) is 6.08 Å². The molecule has 0 spiro atoms. The molecule has 1 aliphatic heterocycles. The highest BCUT2D eigenvalue weighted by Crippen LogP contribution is 2.77. The number of rotatable bonds is 9. The van der Waals surface area contributed by atoms with E-state index in [0.717, 1.165) is 52.0 Å². The Hall–Kier alpha value is -1.51. The van der Waals surface area contributed by atoms with E-state index in [1.54, 1.807) is 0 Å². The van der Waals surface area contributed by atoms with Crippen molar-refractivity contribution in [3.63, 3.8) is 0 Å². The highest BCUT2D eigenvalue weighted by Gasteiger charge is 2.70. The normalized spacial score (nSPS) is 44.5.